The number of likely N-dealkylation sites (N-methyl/N-ethyl adjacent to an activating group) is 1. The van der Waals surface area contributed by atoms with Crippen LogP contribution in [0.5, 0.6) is 5.75 Å². The first-order valence-electron chi connectivity index (χ1n) is 7.42. The second-order valence-electron chi connectivity index (χ2n) is 5.72. The second-order valence-corrected chi connectivity index (χ2v) is 7.20. The highest BCUT2D eigenvalue weighted by Gasteiger charge is 2.37. The molecule has 6 heteroatoms. The Kier molecular flexibility index (Phi) is 5.58. The topological polar surface area (TPSA) is 49.9 Å². The third-order valence-corrected chi connectivity index (χ3v) is 5.17. The lowest BCUT2D eigenvalue weighted by molar-refractivity contribution is -0.121. The van der Waals surface area contributed by atoms with Crippen molar-refractivity contribution in [1.29, 1.82) is 0 Å². The third-order valence-electron chi connectivity index (χ3n) is 4.22. The van der Waals surface area contributed by atoms with Crippen LogP contribution in [0.4, 0.5) is 5.69 Å². The SMILES string of the molecule is COc1ccccc1N1CC[C@H](N(C)[C@@H](C)C[S@@](C)=O)C1=O. The van der Waals surface area contributed by atoms with Crippen molar-refractivity contribution in [1.82, 2.24) is 4.90 Å². The lowest BCUT2D eigenvalue weighted by Crippen LogP contribution is -2.45. The van der Waals surface area contributed by atoms with Gasteiger partial charge in [0.15, 0.2) is 0 Å². The van der Waals surface area contributed by atoms with E-state index in [9.17, 15) is 9.00 Å². The minimum Gasteiger partial charge on any atom is -0.495 e. The minimum absolute atomic E-state index is 0.0840. The van der Waals surface area contributed by atoms with Crippen molar-refractivity contribution < 1.29 is 13.7 Å². The summed E-state index contributed by atoms with van der Waals surface area (Å²) in [6, 6.07) is 7.52. The first-order valence-corrected chi connectivity index (χ1v) is 9.14. The maximum absolute atomic E-state index is 12.8. The van der Waals surface area contributed by atoms with Crippen molar-refractivity contribution in [2.45, 2.75) is 25.4 Å². The summed E-state index contributed by atoms with van der Waals surface area (Å²) >= 11 is 0. The van der Waals surface area contributed by atoms with Gasteiger partial charge in [-0.3, -0.25) is 13.9 Å². The lowest BCUT2D eigenvalue weighted by Gasteiger charge is -2.29. The molecule has 0 bridgehead atoms. The van der Waals surface area contributed by atoms with Crippen LogP contribution >= 0.6 is 0 Å². The van der Waals surface area contributed by atoms with Crippen LogP contribution in [0.15, 0.2) is 24.3 Å². The molecule has 22 heavy (non-hydrogen) atoms. The molecule has 1 fully saturated rings. The van der Waals surface area contributed by atoms with Gasteiger partial charge in [0.2, 0.25) is 5.91 Å². The zero-order valence-electron chi connectivity index (χ0n) is 13.6. The van der Waals surface area contributed by atoms with E-state index in [4.69, 9.17) is 4.74 Å². The van der Waals surface area contributed by atoms with Crippen LogP contribution in [0.25, 0.3) is 0 Å². The smallest absolute Gasteiger partial charge is 0.244 e. The van der Waals surface area contributed by atoms with Gasteiger partial charge in [-0.1, -0.05) is 12.1 Å². The van der Waals surface area contributed by atoms with Crippen LogP contribution in [0.1, 0.15) is 13.3 Å². The Bertz CT molecular complexity index is 564. The van der Waals surface area contributed by atoms with E-state index in [0.717, 1.165) is 12.1 Å². The van der Waals surface area contributed by atoms with E-state index in [0.29, 0.717) is 18.0 Å². The number of hydrogen-bond acceptors (Lipinski definition) is 4. The molecule has 0 N–H and O–H groups in total. The van der Waals surface area contributed by atoms with Gasteiger partial charge >= 0.3 is 0 Å². The molecule has 122 valence electrons. The number of methoxy groups -OCH3 is 1. The number of nitrogens with zero attached hydrogens (tertiary/aromatic N) is 2. The van der Waals surface area contributed by atoms with Gasteiger partial charge in [-0.05, 0) is 32.5 Å². The Balaban J connectivity index is 2.14. The number of hydrogen-bond donors (Lipinski definition) is 0. The normalized spacial score (nSPS) is 21.2. The monoisotopic (exact) mass is 324 g/mol. The molecule has 1 amide bonds. The Labute approximate surface area is 134 Å². The summed E-state index contributed by atoms with van der Waals surface area (Å²) < 4.78 is 16.8. The molecule has 3 atom stereocenters. The first kappa shape index (κ1) is 17.0. The number of benzene rings is 1. The van der Waals surface area contributed by atoms with Crippen LogP contribution < -0.4 is 9.64 Å². The van der Waals surface area contributed by atoms with Crippen LogP contribution in [-0.4, -0.2) is 59.8 Å². The average Bonchev–Trinajstić information content (AvgIpc) is 2.87. The molecule has 1 aliphatic rings. The Hall–Kier alpha value is -1.40. The van der Waals surface area contributed by atoms with Crippen molar-refractivity contribution in [2.24, 2.45) is 0 Å². The van der Waals surface area contributed by atoms with Crippen molar-refractivity contribution in [2.75, 3.05) is 37.6 Å². The van der Waals surface area contributed by atoms with E-state index in [1.807, 2.05) is 43.1 Å². The summed E-state index contributed by atoms with van der Waals surface area (Å²) in [5.74, 6) is 1.37. The van der Waals surface area contributed by atoms with E-state index >= 15 is 0 Å². The van der Waals surface area contributed by atoms with Gasteiger partial charge in [0.05, 0.1) is 18.8 Å². The van der Waals surface area contributed by atoms with Gasteiger partial charge in [0.1, 0.15) is 5.75 Å². The largest absolute Gasteiger partial charge is 0.495 e. The first-order chi connectivity index (χ1) is 10.5. The van der Waals surface area contributed by atoms with Crippen molar-refractivity contribution in [3.05, 3.63) is 24.3 Å². The number of anilines is 1. The molecule has 0 aliphatic carbocycles. The summed E-state index contributed by atoms with van der Waals surface area (Å²) in [6.45, 7) is 2.69. The number of amides is 1. The van der Waals surface area contributed by atoms with Crippen molar-refractivity contribution in [3.8, 4) is 5.75 Å². The summed E-state index contributed by atoms with van der Waals surface area (Å²) in [5, 5.41) is 0. The Morgan fingerprint density at radius 3 is 2.77 bits per heavy atom. The van der Waals surface area contributed by atoms with E-state index in [1.165, 1.54) is 0 Å². The fraction of sp³-hybridized carbons (Fsp3) is 0.562. The van der Waals surface area contributed by atoms with Crippen LogP contribution in [0, 0.1) is 0 Å². The van der Waals surface area contributed by atoms with Crippen LogP contribution in [0.3, 0.4) is 0 Å². The highest BCUT2D eigenvalue weighted by molar-refractivity contribution is 7.84. The third kappa shape index (κ3) is 3.50. The highest BCUT2D eigenvalue weighted by atomic mass is 32.2. The molecule has 5 nitrogen and oxygen atoms in total. The molecule has 0 spiro atoms. The van der Waals surface area contributed by atoms with Gasteiger partial charge in [-0.2, -0.15) is 0 Å². The van der Waals surface area contributed by atoms with E-state index in [2.05, 4.69) is 0 Å². The van der Waals surface area contributed by atoms with Crippen LogP contribution in [-0.2, 0) is 15.6 Å². The molecular formula is C16H24N2O3S. The van der Waals surface area contributed by atoms with Gasteiger partial charge < -0.3 is 9.64 Å². The van der Waals surface area contributed by atoms with Gasteiger partial charge in [-0.25, -0.2) is 0 Å². The molecule has 0 saturated carbocycles. The van der Waals surface area contributed by atoms with Gasteiger partial charge in [0.25, 0.3) is 0 Å². The molecule has 0 unspecified atom stereocenters. The molecule has 1 heterocycles. The maximum Gasteiger partial charge on any atom is 0.244 e. The number of carbonyl (C=O) groups excluding carboxylic acids is 1. The fourth-order valence-corrected chi connectivity index (χ4v) is 3.81. The summed E-state index contributed by atoms with van der Waals surface area (Å²) in [6.07, 6.45) is 2.47. The number of carbonyl (C=O) groups is 1. The quantitative estimate of drug-likeness (QED) is 0.796. The Morgan fingerprint density at radius 2 is 2.14 bits per heavy atom. The number of ether oxygens (including phenoxy) is 1. The van der Waals surface area contributed by atoms with E-state index in [-0.39, 0.29) is 18.0 Å². The number of rotatable bonds is 6. The molecule has 1 aliphatic heterocycles. The fourth-order valence-electron chi connectivity index (χ4n) is 2.90. The van der Waals surface area contributed by atoms with E-state index in [1.54, 1.807) is 18.3 Å². The van der Waals surface area contributed by atoms with E-state index < -0.39 is 10.8 Å². The summed E-state index contributed by atoms with van der Waals surface area (Å²) in [7, 11) is 2.69. The molecular weight excluding hydrogens is 300 g/mol. The number of para-hydroxylation sites is 2. The van der Waals surface area contributed by atoms with Crippen molar-refractivity contribution in [3.63, 3.8) is 0 Å². The Morgan fingerprint density at radius 1 is 1.45 bits per heavy atom. The zero-order chi connectivity index (χ0) is 16.3. The molecule has 0 radical (unpaired) electrons. The van der Waals surface area contributed by atoms with Gasteiger partial charge in [-0.15, -0.1) is 0 Å². The predicted octanol–water partition coefficient (Wildman–Crippen LogP) is 1.50. The molecule has 1 aromatic carbocycles. The summed E-state index contributed by atoms with van der Waals surface area (Å²) in [4.78, 5) is 16.6. The zero-order valence-corrected chi connectivity index (χ0v) is 14.4. The standard InChI is InChI=1S/C16H24N2O3S/c1-12(11-22(4)20)17(2)14-9-10-18(16(14)19)13-7-5-6-8-15(13)21-3/h5-8,12,14H,9-11H2,1-4H3/t12-,14-,22+/m0/s1. The predicted molar refractivity (Wildman–Crippen MR) is 89.9 cm³/mol. The highest BCUT2D eigenvalue weighted by Crippen LogP contribution is 2.32. The molecule has 1 aromatic rings. The van der Waals surface area contributed by atoms with Crippen molar-refractivity contribution >= 4 is 22.4 Å². The average molecular weight is 324 g/mol. The van der Waals surface area contributed by atoms with Crippen LogP contribution in [0.2, 0.25) is 0 Å². The lowest BCUT2D eigenvalue weighted by atomic mass is 10.2. The maximum atomic E-state index is 12.8. The minimum atomic E-state index is -0.864. The molecule has 0 aromatic heterocycles. The molecule has 2 rings (SSSR count). The second kappa shape index (κ2) is 7.24. The summed E-state index contributed by atoms with van der Waals surface area (Å²) in [5.41, 5.74) is 0.817. The molecule has 1 saturated heterocycles. The van der Waals surface area contributed by atoms with Gasteiger partial charge in [0, 0.05) is 35.4 Å².